The Morgan fingerprint density at radius 3 is 2.65 bits per heavy atom. The third-order valence-corrected chi connectivity index (χ3v) is 2.71. The van der Waals surface area contributed by atoms with Crippen molar-refractivity contribution < 1.29 is 10.2 Å². The molecule has 1 rings (SSSR count). The van der Waals surface area contributed by atoms with Gasteiger partial charge in [0.25, 0.3) is 0 Å². The highest BCUT2D eigenvalue weighted by Gasteiger charge is 2.11. The summed E-state index contributed by atoms with van der Waals surface area (Å²) < 4.78 is 0. The largest absolute Gasteiger partial charge is 0.399 e. The standard InChI is InChI=1S/C13H22N2O2/c1-10(16)6-7-15(2)9-13(17)11-4-3-5-12(14)8-11/h3-5,8,10,13,16-17H,6-7,9,14H2,1-2H3. The average molecular weight is 238 g/mol. The fourth-order valence-corrected chi connectivity index (χ4v) is 1.67. The Hall–Kier alpha value is -1.10. The van der Waals surface area contributed by atoms with Gasteiger partial charge >= 0.3 is 0 Å². The number of rotatable bonds is 6. The topological polar surface area (TPSA) is 69.7 Å². The second-order valence-electron chi connectivity index (χ2n) is 4.59. The van der Waals surface area contributed by atoms with E-state index in [2.05, 4.69) is 0 Å². The van der Waals surface area contributed by atoms with Crippen molar-refractivity contribution >= 4 is 5.69 Å². The first kappa shape index (κ1) is 14.0. The van der Waals surface area contributed by atoms with Crippen molar-refractivity contribution in [2.75, 3.05) is 25.9 Å². The Morgan fingerprint density at radius 2 is 2.06 bits per heavy atom. The first-order valence-electron chi connectivity index (χ1n) is 5.89. The van der Waals surface area contributed by atoms with Crippen molar-refractivity contribution in [1.82, 2.24) is 4.90 Å². The maximum Gasteiger partial charge on any atom is 0.0917 e. The number of hydrogen-bond donors (Lipinski definition) is 3. The number of hydrogen-bond acceptors (Lipinski definition) is 4. The van der Waals surface area contributed by atoms with Crippen molar-refractivity contribution in [2.45, 2.75) is 25.6 Å². The van der Waals surface area contributed by atoms with Crippen LogP contribution in [0.5, 0.6) is 0 Å². The summed E-state index contributed by atoms with van der Waals surface area (Å²) in [5.74, 6) is 0. The van der Waals surface area contributed by atoms with Crippen molar-refractivity contribution in [3.8, 4) is 0 Å². The predicted molar refractivity (Wildman–Crippen MR) is 69.6 cm³/mol. The lowest BCUT2D eigenvalue weighted by Crippen LogP contribution is -2.27. The van der Waals surface area contributed by atoms with E-state index in [0.29, 0.717) is 18.7 Å². The summed E-state index contributed by atoms with van der Waals surface area (Å²) in [4.78, 5) is 2.00. The number of anilines is 1. The first-order chi connectivity index (χ1) is 7.99. The van der Waals surface area contributed by atoms with Gasteiger partial charge in [-0.2, -0.15) is 0 Å². The van der Waals surface area contributed by atoms with Crippen LogP contribution in [0.15, 0.2) is 24.3 Å². The van der Waals surface area contributed by atoms with Crippen LogP contribution in [0.2, 0.25) is 0 Å². The Bertz CT molecular complexity index is 342. The molecule has 17 heavy (non-hydrogen) atoms. The van der Waals surface area contributed by atoms with E-state index >= 15 is 0 Å². The number of aliphatic hydroxyl groups excluding tert-OH is 2. The summed E-state index contributed by atoms with van der Waals surface area (Å²) in [6.45, 7) is 3.06. The van der Waals surface area contributed by atoms with Crippen LogP contribution < -0.4 is 5.73 Å². The molecule has 0 aromatic heterocycles. The third kappa shape index (κ3) is 5.17. The molecule has 0 radical (unpaired) electrons. The highest BCUT2D eigenvalue weighted by Crippen LogP contribution is 2.16. The van der Waals surface area contributed by atoms with Gasteiger partial charge in [0.1, 0.15) is 0 Å². The molecule has 4 nitrogen and oxygen atoms in total. The lowest BCUT2D eigenvalue weighted by atomic mass is 10.1. The van der Waals surface area contributed by atoms with Gasteiger partial charge in [-0.3, -0.25) is 0 Å². The van der Waals surface area contributed by atoms with E-state index in [4.69, 9.17) is 5.73 Å². The van der Waals surface area contributed by atoms with Crippen molar-refractivity contribution in [3.05, 3.63) is 29.8 Å². The molecule has 0 bridgehead atoms. The molecule has 0 spiro atoms. The zero-order chi connectivity index (χ0) is 12.8. The normalized spacial score (nSPS) is 14.9. The van der Waals surface area contributed by atoms with Gasteiger partial charge in [-0.1, -0.05) is 12.1 Å². The maximum atomic E-state index is 10.0. The summed E-state index contributed by atoms with van der Waals surface area (Å²) in [7, 11) is 1.93. The van der Waals surface area contributed by atoms with Crippen LogP contribution in [0.1, 0.15) is 25.0 Å². The minimum atomic E-state index is -0.544. The zero-order valence-electron chi connectivity index (χ0n) is 10.5. The van der Waals surface area contributed by atoms with Crippen LogP contribution in [0.3, 0.4) is 0 Å². The molecule has 4 N–H and O–H groups in total. The molecule has 1 aromatic carbocycles. The Kier molecular flexibility index (Phi) is 5.41. The number of nitrogen functional groups attached to an aromatic ring is 1. The van der Waals surface area contributed by atoms with Crippen LogP contribution in [0.4, 0.5) is 5.69 Å². The van der Waals surface area contributed by atoms with Crippen LogP contribution >= 0.6 is 0 Å². The first-order valence-corrected chi connectivity index (χ1v) is 5.89. The second-order valence-corrected chi connectivity index (χ2v) is 4.59. The van der Waals surface area contributed by atoms with Crippen LogP contribution in [0.25, 0.3) is 0 Å². The average Bonchev–Trinajstić information content (AvgIpc) is 2.26. The molecule has 96 valence electrons. The molecule has 0 heterocycles. The van der Waals surface area contributed by atoms with Gasteiger partial charge in [-0.05, 0) is 38.1 Å². The van der Waals surface area contributed by atoms with Gasteiger partial charge in [0.2, 0.25) is 0 Å². The summed E-state index contributed by atoms with van der Waals surface area (Å²) in [5.41, 5.74) is 7.16. The highest BCUT2D eigenvalue weighted by atomic mass is 16.3. The van der Waals surface area contributed by atoms with E-state index in [1.807, 2.05) is 24.1 Å². The minimum absolute atomic E-state index is 0.304. The molecule has 0 fully saturated rings. The molecule has 0 amide bonds. The van der Waals surface area contributed by atoms with Gasteiger partial charge in [0.05, 0.1) is 12.2 Å². The van der Waals surface area contributed by atoms with Crippen LogP contribution in [-0.4, -0.2) is 41.4 Å². The van der Waals surface area contributed by atoms with Crippen LogP contribution in [0, 0.1) is 0 Å². The Morgan fingerprint density at radius 1 is 1.35 bits per heavy atom. The van der Waals surface area contributed by atoms with E-state index in [9.17, 15) is 10.2 Å². The van der Waals surface area contributed by atoms with Crippen molar-refractivity contribution in [2.24, 2.45) is 0 Å². The molecule has 4 heteroatoms. The molecule has 2 atom stereocenters. The highest BCUT2D eigenvalue weighted by molar-refractivity contribution is 5.41. The number of nitrogens with zero attached hydrogens (tertiary/aromatic N) is 1. The van der Waals surface area contributed by atoms with Gasteiger partial charge in [-0.15, -0.1) is 0 Å². The molecule has 2 unspecified atom stereocenters. The molecule has 0 saturated carbocycles. The van der Waals surface area contributed by atoms with E-state index in [0.717, 1.165) is 12.1 Å². The number of nitrogens with two attached hydrogens (primary N) is 1. The van der Waals surface area contributed by atoms with Gasteiger partial charge in [0, 0.05) is 18.8 Å². The van der Waals surface area contributed by atoms with E-state index in [1.165, 1.54) is 0 Å². The van der Waals surface area contributed by atoms with Crippen LogP contribution in [-0.2, 0) is 0 Å². The molecular weight excluding hydrogens is 216 g/mol. The lowest BCUT2D eigenvalue weighted by Gasteiger charge is -2.21. The Balaban J connectivity index is 2.45. The van der Waals surface area contributed by atoms with Gasteiger partial charge in [-0.25, -0.2) is 0 Å². The second kappa shape index (κ2) is 6.59. The molecule has 1 aromatic rings. The minimum Gasteiger partial charge on any atom is -0.399 e. The van der Waals surface area contributed by atoms with Gasteiger partial charge < -0.3 is 20.8 Å². The Labute approximate surface area is 103 Å². The summed E-state index contributed by atoms with van der Waals surface area (Å²) in [5, 5.41) is 19.2. The summed E-state index contributed by atoms with van der Waals surface area (Å²) >= 11 is 0. The number of benzene rings is 1. The van der Waals surface area contributed by atoms with Crippen molar-refractivity contribution in [3.63, 3.8) is 0 Å². The summed E-state index contributed by atoms with van der Waals surface area (Å²) in [6, 6.07) is 7.29. The fourth-order valence-electron chi connectivity index (χ4n) is 1.67. The molecule has 0 aliphatic carbocycles. The van der Waals surface area contributed by atoms with Gasteiger partial charge in [0.15, 0.2) is 0 Å². The number of aliphatic hydroxyl groups is 2. The predicted octanol–water partition coefficient (Wildman–Crippen LogP) is 1.00. The zero-order valence-corrected chi connectivity index (χ0v) is 10.5. The lowest BCUT2D eigenvalue weighted by molar-refractivity contribution is 0.111. The van der Waals surface area contributed by atoms with E-state index in [-0.39, 0.29) is 6.10 Å². The molecular formula is C13H22N2O2. The molecule has 0 aliphatic heterocycles. The summed E-state index contributed by atoms with van der Waals surface area (Å²) in [6.07, 6.45) is -0.139. The maximum absolute atomic E-state index is 10.0. The smallest absolute Gasteiger partial charge is 0.0917 e. The monoisotopic (exact) mass is 238 g/mol. The molecule has 0 aliphatic rings. The van der Waals surface area contributed by atoms with E-state index < -0.39 is 6.10 Å². The number of likely N-dealkylation sites (N-methyl/N-ethyl adjacent to an activating group) is 1. The molecule has 0 saturated heterocycles. The SMILES string of the molecule is CC(O)CCN(C)CC(O)c1cccc(N)c1. The van der Waals surface area contributed by atoms with E-state index in [1.54, 1.807) is 19.1 Å². The third-order valence-electron chi connectivity index (χ3n) is 2.71. The van der Waals surface area contributed by atoms with Crippen molar-refractivity contribution in [1.29, 1.82) is 0 Å². The quantitative estimate of drug-likeness (QED) is 0.647. The fraction of sp³-hybridized carbons (Fsp3) is 0.538.